The van der Waals surface area contributed by atoms with Crippen LogP contribution in [0.3, 0.4) is 0 Å². The van der Waals surface area contributed by atoms with Gasteiger partial charge in [-0.3, -0.25) is 4.79 Å². The molecule has 0 bridgehead atoms. The number of nitrogens with two attached hydrogens (primary N) is 2. The van der Waals surface area contributed by atoms with Gasteiger partial charge in [0.1, 0.15) is 6.10 Å². The molecule has 1 unspecified atom stereocenters. The van der Waals surface area contributed by atoms with Crippen LogP contribution in [-0.2, 0) is 4.74 Å². The van der Waals surface area contributed by atoms with E-state index < -0.39 is 5.91 Å². The SMILES string of the molecule is CCOCC(C)Oc1c(N)cccc1C(N)=O. The van der Waals surface area contributed by atoms with Crippen LogP contribution in [0.1, 0.15) is 24.2 Å². The Morgan fingerprint density at radius 1 is 1.47 bits per heavy atom. The van der Waals surface area contributed by atoms with E-state index in [0.29, 0.717) is 24.7 Å². The van der Waals surface area contributed by atoms with Crippen molar-refractivity contribution in [2.75, 3.05) is 18.9 Å². The highest BCUT2D eigenvalue weighted by atomic mass is 16.5. The van der Waals surface area contributed by atoms with Crippen LogP contribution in [0.25, 0.3) is 0 Å². The molecule has 0 spiro atoms. The Morgan fingerprint density at radius 2 is 2.18 bits per heavy atom. The van der Waals surface area contributed by atoms with Crippen LogP contribution in [-0.4, -0.2) is 25.2 Å². The van der Waals surface area contributed by atoms with E-state index in [1.165, 1.54) is 0 Å². The first-order valence-electron chi connectivity index (χ1n) is 5.49. The lowest BCUT2D eigenvalue weighted by atomic mass is 10.1. The Hall–Kier alpha value is -1.75. The average Bonchev–Trinajstić information content (AvgIpc) is 2.28. The molecule has 0 fully saturated rings. The number of hydrogen-bond acceptors (Lipinski definition) is 4. The molecule has 0 aliphatic carbocycles. The number of amides is 1. The number of nitrogen functional groups attached to an aromatic ring is 1. The smallest absolute Gasteiger partial charge is 0.252 e. The van der Waals surface area contributed by atoms with Gasteiger partial charge in [0.25, 0.3) is 5.91 Å². The van der Waals surface area contributed by atoms with Crippen molar-refractivity contribution in [3.8, 4) is 5.75 Å². The zero-order chi connectivity index (χ0) is 12.8. The molecule has 5 nitrogen and oxygen atoms in total. The van der Waals surface area contributed by atoms with E-state index in [0.717, 1.165) is 0 Å². The normalized spacial score (nSPS) is 12.1. The van der Waals surface area contributed by atoms with Crippen LogP contribution in [0.2, 0.25) is 0 Å². The van der Waals surface area contributed by atoms with Gasteiger partial charge >= 0.3 is 0 Å². The molecule has 4 N–H and O–H groups in total. The third-order valence-electron chi connectivity index (χ3n) is 2.19. The van der Waals surface area contributed by atoms with Crippen LogP contribution in [0.15, 0.2) is 18.2 Å². The standard InChI is InChI=1S/C12H18N2O3/c1-3-16-7-8(2)17-11-9(12(14)15)5-4-6-10(11)13/h4-6,8H,3,7,13H2,1-2H3,(H2,14,15). The van der Waals surface area contributed by atoms with Gasteiger partial charge in [-0.05, 0) is 26.0 Å². The molecule has 94 valence electrons. The van der Waals surface area contributed by atoms with E-state index in [1.807, 2.05) is 13.8 Å². The Balaban J connectivity index is 2.85. The molecule has 0 saturated carbocycles. The number of carbonyl (C=O) groups is 1. The second-order valence-corrected chi connectivity index (χ2v) is 3.68. The monoisotopic (exact) mass is 238 g/mol. The predicted octanol–water partition coefficient (Wildman–Crippen LogP) is 1.17. The van der Waals surface area contributed by atoms with Gasteiger partial charge in [-0.25, -0.2) is 0 Å². The van der Waals surface area contributed by atoms with E-state index in [4.69, 9.17) is 20.9 Å². The molecule has 0 radical (unpaired) electrons. The fourth-order valence-electron chi connectivity index (χ4n) is 1.40. The zero-order valence-electron chi connectivity index (χ0n) is 10.1. The second-order valence-electron chi connectivity index (χ2n) is 3.68. The third-order valence-corrected chi connectivity index (χ3v) is 2.19. The number of carbonyl (C=O) groups excluding carboxylic acids is 1. The van der Waals surface area contributed by atoms with Crippen LogP contribution in [0.5, 0.6) is 5.75 Å². The van der Waals surface area contributed by atoms with E-state index in [2.05, 4.69) is 0 Å². The quantitative estimate of drug-likeness (QED) is 0.728. The number of rotatable bonds is 6. The molecule has 0 aromatic heterocycles. The summed E-state index contributed by atoms with van der Waals surface area (Å²) in [6, 6.07) is 4.91. The van der Waals surface area contributed by atoms with E-state index in [1.54, 1.807) is 18.2 Å². The van der Waals surface area contributed by atoms with Crippen molar-refractivity contribution in [2.24, 2.45) is 5.73 Å². The summed E-state index contributed by atoms with van der Waals surface area (Å²) in [6.45, 7) is 4.79. The summed E-state index contributed by atoms with van der Waals surface area (Å²) in [4.78, 5) is 11.2. The third kappa shape index (κ3) is 3.64. The van der Waals surface area contributed by atoms with E-state index >= 15 is 0 Å². The number of ether oxygens (including phenoxy) is 2. The first kappa shape index (κ1) is 13.3. The lowest BCUT2D eigenvalue weighted by molar-refractivity contribution is 0.0652. The molecule has 1 amide bonds. The largest absolute Gasteiger partial charge is 0.485 e. The number of primary amides is 1. The highest BCUT2D eigenvalue weighted by Crippen LogP contribution is 2.27. The van der Waals surface area contributed by atoms with Gasteiger partial charge < -0.3 is 20.9 Å². The summed E-state index contributed by atoms with van der Waals surface area (Å²) in [5.41, 5.74) is 11.7. The fourth-order valence-corrected chi connectivity index (χ4v) is 1.40. The van der Waals surface area contributed by atoms with E-state index in [-0.39, 0.29) is 11.7 Å². The maximum absolute atomic E-state index is 11.2. The molecule has 1 aromatic rings. The highest BCUT2D eigenvalue weighted by Gasteiger charge is 2.15. The first-order valence-corrected chi connectivity index (χ1v) is 5.49. The number of hydrogen-bond donors (Lipinski definition) is 2. The van der Waals surface area contributed by atoms with Crippen molar-refractivity contribution < 1.29 is 14.3 Å². The van der Waals surface area contributed by atoms with Gasteiger partial charge in [-0.15, -0.1) is 0 Å². The van der Waals surface area contributed by atoms with Gasteiger partial charge in [-0.2, -0.15) is 0 Å². The molecule has 0 heterocycles. The van der Waals surface area contributed by atoms with Crippen molar-refractivity contribution >= 4 is 11.6 Å². The number of anilines is 1. The average molecular weight is 238 g/mol. The Bertz CT molecular complexity index is 393. The van der Waals surface area contributed by atoms with Crippen LogP contribution >= 0.6 is 0 Å². The van der Waals surface area contributed by atoms with Crippen molar-refractivity contribution in [1.29, 1.82) is 0 Å². The lowest BCUT2D eigenvalue weighted by Crippen LogP contribution is -2.22. The summed E-state index contributed by atoms with van der Waals surface area (Å²) < 4.78 is 10.8. The van der Waals surface area contributed by atoms with Gasteiger partial charge in [0, 0.05) is 6.61 Å². The van der Waals surface area contributed by atoms with Crippen LogP contribution in [0.4, 0.5) is 5.69 Å². The maximum Gasteiger partial charge on any atom is 0.252 e. The molecular weight excluding hydrogens is 220 g/mol. The first-order chi connectivity index (χ1) is 8.06. The van der Waals surface area contributed by atoms with Gasteiger partial charge in [-0.1, -0.05) is 6.07 Å². The highest BCUT2D eigenvalue weighted by molar-refractivity contribution is 5.97. The molecule has 1 rings (SSSR count). The lowest BCUT2D eigenvalue weighted by Gasteiger charge is -2.17. The fraction of sp³-hybridized carbons (Fsp3) is 0.417. The topological polar surface area (TPSA) is 87.6 Å². The minimum Gasteiger partial charge on any atom is -0.485 e. The summed E-state index contributed by atoms with van der Waals surface area (Å²) >= 11 is 0. The minimum atomic E-state index is -0.559. The molecular formula is C12H18N2O3. The molecule has 17 heavy (non-hydrogen) atoms. The summed E-state index contributed by atoms with van der Waals surface area (Å²) in [6.07, 6.45) is -0.197. The maximum atomic E-state index is 11.2. The van der Waals surface area contributed by atoms with Gasteiger partial charge in [0.05, 0.1) is 17.9 Å². The Labute approximate surface area is 101 Å². The van der Waals surface area contributed by atoms with Crippen molar-refractivity contribution in [3.05, 3.63) is 23.8 Å². The summed E-state index contributed by atoms with van der Waals surface area (Å²) in [5, 5.41) is 0. The molecule has 1 aromatic carbocycles. The Kier molecular flexibility index (Phi) is 4.78. The number of para-hydroxylation sites is 1. The summed E-state index contributed by atoms with van der Waals surface area (Å²) in [7, 11) is 0. The Morgan fingerprint density at radius 3 is 2.76 bits per heavy atom. The molecule has 0 aliphatic heterocycles. The van der Waals surface area contributed by atoms with Crippen molar-refractivity contribution in [3.63, 3.8) is 0 Å². The van der Waals surface area contributed by atoms with Crippen molar-refractivity contribution in [1.82, 2.24) is 0 Å². The molecule has 0 saturated heterocycles. The molecule has 5 heteroatoms. The van der Waals surface area contributed by atoms with Crippen LogP contribution < -0.4 is 16.2 Å². The number of benzene rings is 1. The molecule has 0 aliphatic rings. The van der Waals surface area contributed by atoms with Gasteiger partial charge in [0.15, 0.2) is 5.75 Å². The van der Waals surface area contributed by atoms with Gasteiger partial charge in [0.2, 0.25) is 0 Å². The van der Waals surface area contributed by atoms with Crippen LogP contribution in [0, 0.1) is 0 Å². The van der Waals surface area contributed by atoms with Crippen molar-refractivity contribution in [2.45, 2.75) is 20.0 Å². The molecule has 1 atom stereocenters. The second kappa shape index (κ2) is 6.10. The summed E-state index contributed by atoms with van der Waals surface area (Å²) in [5.74, 6) is -0.233. The predicted molar refractivity (Wildman–Crippen MR) is 66.0 cm³/mol. The minimum absolute atomic E-state index is 0.197. The zero-order valence-corrected chi connectivity index (χ0v) is 10.1. The van der Waals surface area contributed by atoms with E-state index in [9.17, 15) is 4.79 Å².